The Morgan fingerprint density at radius 3 is 2.90 bits per heavy atom. The maximum atomic E-state index is 11.1. The molecule has 2 N–H and O–H groups in total. The molecule has 0 saturated carbocycles. The molecule has 2 heterocycles. The highest BCUT2D eigenvalue weighted by Crippen LogP contribution is 2.31. The van der Waals surface area contributed by atoms with E-state index in [0.717, 1.165) is 0 Å². The van der Waals surface area contributed by atoms with Crippen molar-refractivity contribution in [1.29, 1.82) is 0 Å². The number of hydrogen-bond donors (Lipinski definition) is 2. The fourth-order valence-electron chi connectivity index (χ4n) is 2.01. The highest BCUT2D eigenvalue weighted by molar-refractivity contribution is 9.10. The van der Waals surface area contributed by atoms with Gasteiger partial charge in [0.05, 0.1) is 9.99 Å². The Morgan fingerprint density at radius 2 is 2.25 bits per heavy atom. The predicted molar refractivity (Wildman–Crippen MR) is 73.7 cm³/mol. The van der Waals surface area contributed by atoms with Gasteiger partial charge in [-0.1, -0.05) is 6.07 Å². The Hall–Kier alpha value is -2.35. The number of carbonyl (C=O) groups is 1. The lowest BCUT2D eigenvalue weighted by Crippen LogP contribution is -2.05. The molecule has 1 aromatic carbocycles. The van der Waals surface area contributed by atoms with Crippen molar-refractivity contribution in [2.45, 2.75) is 0 Å². The van der Waals surface area contributed by atoms with Gasteiger partial charge in [0.1, 0.15) is 5.69 Å². The molecule has 0 atom stereocenters. The molecular formula is C12H8BrN3O4. The molecule has 0 radical (unpaired) electrons. The Balaban J connectivity index is 2.22. The molecule has 20 heavy (non-hydrogen) atoms. The zero-order valence-electron chi connectivity index (χ0n) is 10.2. The molecule has 3 rings (SSSR count). The van der Waals surface area contributed by atoms with Crippen LogP contribution in [-0.4, -0.2) is 25.8 Å². The summed E-state index contributed by atoms with van der Waals surface area (Å²) in [5, 5.41) is 13.3. The van der Waals surface area contributed by atoms with Crippen LogP contribution in [0.2, 0.25) is 0 Å². The number of aryl methyl sites for hydroxylation is 1. The number of halogens is 1. The monoisotopic (exact) mass is 337 g/mol. The minimum atomic E-state index is -1.08. The van der Waals surface area contributed by atoms with Crippen LogP contribution in [0.15, 0.2) is 31.9 Å². The lowest BCUT2D eigenvalue weighted by atomic mass is 10.1. The summed E-state index contributed by atoms with van der Waals surface area (Å²) in [4.78, 5) is 24.8. The second kappa shape index (κ2) is 4.34. The van der Waals surface area contributed by atoms with Gasteiger partial charge in [0.2, 0.25) is 0 Å². The van der Waals surface area contributed by atoms with Gasteiger partial charge in [0.25, 0.3) is 0 Å². The van der Waals surface area contributed by atoms with E-state index in [1.54, 1.807) is 25.2 Å². The predicted octanol–water partition coefficient (Wildman–Crippen LogP) is 1.98. The molecule has 7 nitrogen and oxygen atoms in total. The Bertz CT molecular complexity index is 890. The van der Waals surface area contributed by atoms with Crippen LogP contribution in [0, 0.1) is 0 Å². The lowest BCUT2D eigenvalue weighted by Gasteiger charge is -1.97. The summed E-state index contributed by atoms with van der Waals surface area (Å²) in [6.07, 6.45) is 0. The highest BCUT2D eigenvalue weighted by atomic mass is 79.9. The van der Waals surface area contributed by atoms with Crippen molar-refractivity contribution in [2.75, 3.05) is 0 Å². The van der Waals surface area contributed by atoms with Gasteiger partial charge in [-0.05, 0) is 28.1 Å². The first-order valence-corrected chi connectivity index (χ1v) is 6.35. The van der Waals surface area contributed by atoms with Crippen molar-refractivity contribution in [1.82, 2.24) is 14.8 Å². The van der Waals surface area contributed by atoms with Gasteiger partial charge in [-0.3, -0.25) is 9.67 Å². The molecule has 102 valence electrons. The van der Waals surface area contributed by atoms with Gasteiger partial charge in [-0.15, -0.1) is 0 Å². The van der Waals surface area contributed by atoms with Crippen LogP contribution >= 0.6 is 15.9 Å². The molecular weight excluding hydrogens is 330 g/mol. The van der Waals surface area contributed by atoms with E-state index in [4.69, 9.17) is 9.52 Å². The van der Waals surface area contributed by atoms with Gasteiger partial charge >= 0.3 is 11.7 Å². The Kier molecular flexibility index (Phi) is 2.75. The molecule has 8 heteroatoms. The zero-order valence-corrected chi connectivity index (χ0v) is 11.8. The van der Waals surface area contributed by atoms with Crippen LogP contribution in [0.1, 0.15) is 10.5 Å². The number of carboxylic acid groups (broad SMARTS) is 1. The molecule has 0 unspecified atom stereocenters. The normalized spacial score (nSPS) is 11.1. The van der Waals surface area contributed by atoms with Crippen LogP contribution < -0.4 is 5.76 Å². The second-order valence-electron chi connectivity index (χ2n) is 4.17. The van der Waals surface area contributed by atoms with E-state index in [0.29, 0.717) is 26.8 Å². The van der Waals surface area contributed by atoms with Crippen LogP contribution in [0.25, 0.3) is 22.4 Å². The fourth-order valence-corrected chi connectivity index (χ4v) is 2.74. The highest BCUT2D eigenvalue weighted by Gasteiger charge is 2.21. The molecule has 0 fully saturated rings. The summed E-state index contributed by atoms with van der Waals surface area (Å²) < 4.78 is 6.63. The number of benzene rings is 1. The third-order valence-corrected chi connectivity index (χ3v) is 3.64. The number of nitrogens with zero attached hydrogens (tertiary/aromatic N) is 2. The van der Waals surface area contributed by atoms with Crippen molar-refractivity contribution in [3.05, 3.63) is 38.9 Å². The zero-order chi connectivity index (χ0) is 14.4. The topological polar surface area (TPSA) is 101 Å². The average Bonchev–Trinajstić information content (AvgIpc) is 2.87. The number of aromatic carboxylic acids is 1. The van der Waals surface area contributed by atoms with E-state index in [1.165, 1.54) is 4.68 Å². The van der Waals surface area contributed by atoms with Crippen LogP contribution in [0.5, 0.6) is 0 Å². The summed E-state index contributed by atoms with van der Waals surface area (Å²) in [7, 11) is 1.55. The third-order valence-electron chi connectivity index (χ3n) is 2.89. The van der Waals surface area contributed by atoms with Crippen LogP contribution in [-0.2, 0) is 7.05 Å². The number of oxazole rings is 1. The van der Waals surface area contributed by atoms with Crippen molar-refractivity contribution in [3.63, 3.8) is 0 Å². The number of rotatable bonds is 2. The number of fused-ring (bicyclic) bond motifs is 1. The van der Waals surface area contributed by atoms with Gasteiger partial charge < -0.3 is 9.52 Å². The third kappa shape index (κ3) is 1.85. The Labute approximate surface area is 120 Å². The molecule has 0 spiro atoms. The van der Waals surface area contributed by atoms with Crippen molar-refractivity contribution in [3.8, 4) is 11.3 Å². The first kappa shape index (κ1) is 12.7. The van der Waals surface area contributed by atoms with E-state index < -0.39 is 11.7 Å². The number of hydrogen-bond acceptors (Lipinski definition) is 4. The summed E-state index contributed by atoms with van der Waals surface area (Å²) >= 11 is 3.24. The molecule has 0 bridgehead atoms. The van der Waals surface area contributed by atoms with Crippen molar-refractivity contribution >= 4 is 33.0 Å². The van der Waals surface area contributed by atoms with Gasteiger partial charge in [-0.2, -0.15) is 5.10 Å². The van der Waals surface area contributed by atoms with E-state index >= 15 is 0 Å². The molecule has 3 aromatic rings. The van der Waals surface area contributed by atoms with Crippen molar-refractivity contribution in [2.24, 2.45) is 7.05 Å². The number of H-pyrrole nitrogens is 1. The molecule has 0 aliphatic rings. The van der Waals surface area contributed by atoms with Crippen LogP contribution in [0.4, 0.5) is 0 Å². The number of aromatic amines is 1. The largest absolute Gasteiger partial charge is 0.476 e. The molecule has 0 aliphatic heterocycles. The number of nitrogens with one attached hydrogen (secondary N) is 1. The molecule has 0 saturated heterocycles. The SMILES string of the molecule is Cn1nc(-c2ccc3[nH]c(=O)oc3c2)c(Br)c1C(=O)O. The van der Waals surface area contributed by atoms with Crippen LogP contribution in [0.3, 0.4) is 0 Å². The van der Waals surface area contributed by atoms with Crippen molar-refractivity contribution < 1.29 is 14.3 Å². The summed E-state index contributed by atoms with van der Waals surface area (Å²) in [6.45, 7) is 0. The van der Waals surface area contributed by atoms with E-state index in [9.17, 15) is 9.59 Å². The number of aromatic nitrogens is 3. The standard InChI is InChI=1S/C12H8BrN3O4/c1-16-10(11(17)18)8(13)9(15-16)5-2-3-6-7(4-5)20-12(19)14-6/h2-4H,1H3,(H,14,19)(H,17,18). The van der Waals surface area contributed by atoms with E-state index in [1.807, 2.05) is 0 Å². The average molecular weight is 338 g/mol. The van der Waals surface area contributed by atoms with Gasteiger partial charge in [0.15, 0.2) is 11.3 Å². The second-order valence-corrected chi connectivity index (χ2v) is 4.96. The molecule has 0 amide bonds. The minimum absolute atomic E-state index is 0.0515. The van der Waals surface area contributed by atoms with E-state index in [-0.39, 0.29) is 5.69 Å². The lowest BCUT2D eigenvalue weighted by molar-refractivity contribution is 0.0684. The first-order valence-electron chi connectivity index (χ1n) is 5.56. The number of carboxylic acids is 1. The molecule has 2 aromatic heterocycles. The summed E-state index contributed by atoms with van der Waals surface area (Å²) in [6, 6.07) is 5.04. The minimum Gasteiger partial charge on any atom is -0.476 e. The van der Waals surface area contributed by atoms with Gasteiger partial charge in [-0.25, -0.2) is 9.59 Å². The Morgan fingerprint density at radius 1 is 1.50 bits per heavy atom. The summed E-state index contributed by atoms with van der Waals surface area (Å²) in [5.74, 6) is -1.61. The summed E-state index contributed by atoms with van der Waals surface area (Å²) in [5.41, 5.74) is 2.13. The van der Waals surface area contributed by atoms with E-state index in [2.05, 4.69) is 26.0 Å². The maximum absolute atomic E-state index is 11.1. The molecule has 0 aliphatic carbocycles. The maximum Gasteiger partial charge on any atom is 0.417 e. The first-order chi connectivity index (χ1) is 9.47. The quantitative estimate of drug-likeness (QED) is 0.744. The smallest absolute Gasteiger partial charge is 0.417 e. The fraction of sp³-hybridized carbons (Fsp3) is 0.0833. The van der Waals surface area contributed by atoms with Gasteiger partial charge in [0, 0.05) is 12.6 Å².